The summed E-state index contributed by atoms with van der Waals surface area (Å²) in [5.74, 6) is 1.21. The van der Waals surface area contributed by atoms with E-state index in [9.17, 15) is 9.18 Å². The average molecular weight is 418 g/mol. The van der Waals surface area contributed by atoms with E-state index in [0.717, 1.165) is 32.7 Å². The van der Waals surface area contributed by atoms with Crippen LogP contribution in [0.25, 0.3) is 22.1 Å². The van der Waals surface area contributed by atoms with Crippen LogP contribution < -0.4 is 20.0 Å². The molecule has 1 atom stereocenters. The smallest absolute Gasteiger partial charge is 0.336 e. The number of rotatable bonds is 4. The first-order valence-electron chi connectivity index (χ1n) is 10.1. The summed E-state index contributed by atoms with van der Waals surface area (Å²) >= 11 is 0. The van der Waals surface area contributed by atoms with E-state index < -0.39 is 5.63 Å². The zero-order valence-electron chi connectivity index (χ0n) is 17.0. The van der Waals surface area contributed by atoms with Gasteiger partial charge in [-0.25, -0.2) is 9.18 Å². The van der Waals surface area contributed by atoms with Crippen LogP contribution in [0.5, 0.6) is 11.5 Å². The molecule has 0 saturated heterocycles. The number of hydrogen-bond acceptors (Lipinski definition) is 4. The molecular weight excluding hydrogens is 397 g/mol. The predicted octanol–water partition coefficient (Wildman–Crippen LogP) is 3.54. The molecule has 0 aliphatic carbocycles. The minimum absolute atomic E-state index is 0.230. The molecule has 0 fully saturated rings. The molecule has 1 aliphatic rings. The predicted molar refractivity (Wildman–Crippen MR) is 115 cm³/mol. The van der Waals surface area contributed by atoms with Gasteiger partial charge in [-0.1, -0.05) is 30.3 Å². The van der Waals surface area contributed by atoms with Crippen LogP contribution in [0, 0.1) is 5.82 Å². The molecular formula is C25H21FNO4+. The highest BCUT2D eigenvalue weighted by Gasteiger charge is 2.26. The molecule has 0 spiro atoms. The quantitative estimate of drug-likeness (QED) is 0.515. The fraction of sp³-hybridized carbons (Fsp3) is 0.160. The lowest BCUT2D eigenvalue weighted by Crippen LogP contribution is -3.11. The van der Waals surface area contributed by atoms with E-state index >= 15 is 0 Å². The molecule has 5 nitrogen and oxygen atoms in total. The van der Waals surface area contributed by atoms with Crippen LogP contribution >= 0.6 is 0 Å². The zero-order chi connectivity index (χ0) is 21.4. The molecule has 0 amide bonds. The highest BCUT2D eigenvalue weighted by Crippen LogP contribution is 2.34. The van der Waals surface area contributed by atoms with Gasteiger partial charge in [0.25, 0.3) is 0 Å². The van der Waals surface area contributed by atoms with Gasteiger partial charge in [-0.3, -0.25) is 4.90 Å². The third-order valence-corrected chi connectivity index (χ3v) is 5.63. The van der Waals surface area contributed by atoms with Gasteiger partial charge in [0.05, 0.1) is 12.7 Å². The minimum Gasteiger partial charge on any atom is -0.497 e. The molecule has 5 rings (SSSR count). The van der Waals surface area contributed by atoms with Crippen LogP contribution in [0.1, 0.15) is 11.1 Å². The van der Waals surface area contributed by atoms with E-state index in [0.29, 0.717) is 36.7 Å². The van der Waals surface area contributed by atoms with Crippen molar-refractivity contribution in [2.75, 3.05) is 13.8 Å². The summed E-state index contributed by atoms with van der Waals surface area (Å²) in [5.41, 5.74) is 3.23. The Bertz CT molecular complexity index is 1310. The van der Waals surface area contributed by atoms with Gasteiger partial charge in [0.1, 0.15) is 30.4 Å². The highest BCUT2D eigenvalue weighted by molar-refractivity contribution is 5.95. The van der Waals surface area contributed by atoms with Crippen molar-refractivity contribution in [2.24, 2.45) is 0 Å². The molecule has 1 aliphatic heterocycles. The second kappa shape index (κ2) is 7.89. The SMILES string of the molecule is COc1ccc(-c2cc(=O)oc3c4c(ccc23)OC[NH+](Cc2ccccc2F)C4)cc1. The van der Waals surface area contributed by atoms with Crippen LogP contribution in [0.15, 0.2) is 75.9 Å². The first-order valence-corrected chi connectivity index (χ1v) is 10.1. The molecule has 2 heterocycles. The molecule has 31 heavy (non-hydrogen) atoms. The number of fused-ring (bicyclic) bond motifs is 3. The molecule has 1 N–H and O–H groups in total. The Morgan fingerprint density at radius 1 is 1.06 bits per heavy atom. The van der Waals surface area contributed by atoms with Crippen molar-refractivity contribution in [2.45, 2.75) is 13.1 Å². The average Bonchev–Trinajstić information content (AvgIpc) is 2.80. The van der Waals surface area contributed by atoms with Crippen molar-refractivity contribution in [1.82, 2.24) is 0 Å². The van der Waals surface area contributed by atoms with Crippen LogP contribution in [0.2, 0.25) is 0 Å². The van der Waals surface area contributed by atoms with Crippen molar-refractivity contribution < 1.29 is 23.2 Å². The van der Waals surface area contributed by atoms with Gasteiger partial charge in [0.2, 0.25) is 6.73 Å². The molecule has 4 aromatic rings. The fourth-order valence-corrected chi connectivity index (χ4v) is 4.08. The van der Waals surface area contributed by atoms with Gasteiger partial charge in [0.15, 0.2) is 5.58 Å². The summed E-state index contributed by atoms with van der Waals surface area (Å²) in [7, 11) is 1.61. The van der Waals surface area contributed by atoms with Gasteiger partial charge in [0, 0.05) is 17.0 Å². The minimum atomic E-state index is -0.423. The summed E-state index contributed by atoms with van der Waals surface area (Å²) in [5, 5.41) is 0.833. The lowest BCUT2D eigenvalue weighted by atomic mass is 9.99. The van der Waals surface area contributed by atoms with E-state index in [1.807, 2.05) is 42.5 Å². The van der Waals surface area contributed by atoms with Crippen molar-refractivity contribution in [3.8, 4) is 22.6 Å². The molecule has 0 saturated carbocycles. The summed E-state index contributed by atoms with van der Waals surface area (Å²) < 4.78 is 30.9. The topological polar surface area (TPSA) is 53.1 Å². The first kappa shape index (κ1) is 19.3. The fourth-order valence-electron chi connectivity index (χ4n) is 4.08. The number of quaternary nitrogens is 1. The summed E-state index contributed by atoms with van der Waals surface area (Å²) in [6.45, 7) is 1.45. The Balaban J connectivity index is 1.56. The number of benzene rings is 3. The number of methoxy groups -OCH3 is 1. The third-order valence-electron chi connectivity index (χ3n) is 5.63. The Morgan fingerprint density at radius 3 is 2.65 bits per heavy atom. The molecule has 156 valence electrons. The second-order valence-corrected chi connectivity index (χ2v) is 7.61. The Kier molecular flexibility index (Phi) is 4.92. The molecule has 0 bridgehead atoms. The van der Waals surface area contributed by atoms with Gasteiger partial charge in [-0.05, 0) is 41.5 Å². The molecule has 1 unspecified atom stereocenters. The maximum Gasteiger partial charge on any atom is 0.336 e. The van der Waals surface area contributed by atoms with Gasteiger partial charge in [-0.15, -0.1) is 0 Å². The van der Waals surface area contributed by atoms with Crippen molar-refractivity contribution in [3.63, 3.8) is 0 Å². The number of halogens is 1. The number of hydrogen-bond donors (Lipinski definition) is 1. The van der Waals surface area contributed by atoms with Crippen LogP contribution in [-0.2, 0) is 13.1 Å². The van der Waals surface area contributed by atoms with Crippen molar-refractivity contribution in [3.05, 3.63) is 94.1 Å². The zero-order valence-corrected chi connectivity index (χ0v) is 17.0. The summed E-state index contributed by atoms with van der Waals surface area (Å²) in [4.78, 5) is 13.4. The van der Waals surface area contributed by atoms with Gasteiger partial charge < -0.3 is 13.9 Å². The molecule has 0 radical (unpaired) electrons. The largest absolute Gasteiger partial charge is 0.497 e. The number of nitrogens with one attached hydrogen (secondary N) is 1. The Hall–Kier alpha value is -3.64. The summed E-state index contributed by atoms with van der Waals surface area (Å²) in [6, 6.07) is 19.6. The Morgan fingerprint density at radius 2 is 1.87 bits per heavy atom. The third kappa shape index (κ3) is 3.66. The van der Waals surface area contributed by atoms with Crippen LogP contribution in [0.3, 0.4) is 0 Å². The van der Waals surface area contributed by atoms with E-state index in [-0.39, 0.29) is 5.82 Å². The number of ether oxygens (including phenoxy) is 2. The monoisotopic (exact) mass is 418 g/mol. The summed E-state index contributed by atoms with van der Waals surface area (Å²) in [6.07, 6.45) is 0. The maximum absolute atomic E-state index is 14.1. The standard InChI is InChI=1S/C25H20FNO4/c1-29-18-8-6-16(7-9-18)20-12-24(28)31-25-19(20)10-11-23-21(25)14-27(15-30-23)13-17-4-2-3-5-22(17)26/h2-12H,13-15H2,1H3/p+1. The van der Waals surface area contributed by atoms with Gasteiger partial charge in [-0.2, -0.15) is 0 Å². The lowest BCUT2D eigenvalue weighted by Gasteiger charge is -2.26. The van der Waals surface area contributed by atoms with E-state index in [4.69, 9.17) is 13.9 Å². The van der Waals surface area contributed by atoms with E-state index in [1.165, 1.54) is 12.1 Å². The Labute approximate surface area is 178 Å². The van der Waals surface area contributed by atoms with Crippen molar-refractivity contribution in [1.29, 1.82) is 0 Å². The maximum atomic E-state index is 14.1. The second-order valence-electron chi connectivity index (χ2n) is 7.61. The molecule has 3 aromatic carbocycles. The van der Waals surface area contributed by atoms with E-state index in [2.05, 4.69) is 0 Å². The molecule has 6 heteroatoms. The van der Waals surface area contributed by atoms with E-state index in [1.54, 1.807) is 19.2 Å². The van der Waals surface area contributed by atoms with Gasteiger partial charge >= 0.3 is 5.63 Å². The normalized spacial score (nSPS) is 15.4. The van der Waals surface area contributed by atoms with Crippen LogP contribution in [0.4, 0.5) is 4.39 Å². The molecule has 1 aromatic heterocycles. The van der Waals surface area contributed by atoms with Crippen molar-refractivity contribution >= 4 is 11.0 Å². The lowest BCUT2D eigenvalue weighted by molar-refractivity contribution is -0.945. The first-order chi connectivity index (χ1) is 15.1. The van der Waals surface area contributed by atoms with Crippen LogP contribution in [-0.4, -0.2) is 13.8 Å². The highest BCUT2D eigenvalue weighted by atomic mass is 19.1.